The van der Waals surface area contributed by atoms with Crippen molar-refractivity contribution in [2.75, 3.05) is 0 Å². The Morgan fingerprint density at radius 3 is 2.83 bits per heavy atom. The molecular formula is C18H18N4O. The fraction of sp³-hybridized carbons (Fsp3) is 0.278. The van der Waals surface area contributed by atoms with Crippen molar-refractivity contribution in [3.05, 3.63) is 65.9 Å². The van der Waals surface area contributed by atoms with Gasteiger partial charge in [-0.05, 0) is 49.6 Å². The number of hydrogen-bond acceptors (Lipinski definition) is 4. The van der Waals surface area contributed by atoms with Gasteiger partial charge in [-0.2, -0.15) is 4.68 Å². The number of hydrogen-bond donors (Lipinski definition) is 0. The number of benzene rings is 1. The van der Waals surface area contributed by atoms with Gasteiger partial charge in [0.25, 0.3) is 0 Å². The van der Waals surface area contributed by atoms with Gasteiger partial charge >= 0.3 is 0 Å². The molecule has 0 N–H and O–H groups in total. The lowest BCUT2D eigenvalue weighted by molar-refractivity contribution is 0.292. The predicted molar refractivity (Wildman–Crippen MR) is 86.6 cm³/mol. The molecule has 0 radical (unpaired) electrons. The Morgan fingerprint density at radius 2 is 2.09 bits per heavy atom. The molecule has 1 saturated carbocycles. The van der Waals surface area contributed by atoms with Gasteiger partial charge in [0.05, 0.1) is 0 Å². The van der Waals surface area contributed by atoms with Gasteiger partial charge in [-0.15, -0.1) is 5.10 Å². The summed E-state index contributed by atoms with van der Waals surface area (Å²) < 4.78 is 7.69. The van der Waals surface area contributed by atoms with Crippen molar-refractivity contribution in [1.82, 2.24) is 19.7 Å². The van der Waals surface area contributed by atoms with Gasteiger partial charge in [-0.25, -0.2) is 9.97 Å². The van der Waals surface area contributed by atoms with E-state index in [2.05, 4.69) is 28.1 Å². The van der Waals surface area contributed by atoms with Crippen LogP contribution in [0.5, 0.6) is 5.75 Å². The first-order valence-electron chi connectivity index (χ1n) is 7.86. The minimum absolute atomic E-state index is 0.375. The summed E-state index contributed by atoms with van der Waals surface area (Å²) in [6.07, 6.45) is 4.10. The van der Waals surface area contributed by atoms with E-state index in [0.29, 0.717) is 12.5 Å². The zero-order valence-electron chi connectivity index (χ0n) is 13.0. The van der Waals surface area contributed by atoms with Crippen molar-refractivity contribution >= 4 is 0 Å². The highest BCUT2D eigenvalue weighted by Crippen LogP contribution is 2.38. The lowest BCUT2D eigenvalue weighted by atomic mass is 10.2. The van der Waals surface area contributed by atoms with Gasteiger partial charge in [0.2, 0.25) is 0 Å². The summed E-state index contributed by atoms with van der Waals surface area (Å²) in [5.74, 6) is 3.80. The van der Waals surface area contributed by atoms with Gasteiger partial charge < -0.3 is 4.74 Å². The van der Waals surface area contributed by atoms with E-state index in [1.807, 2.05) is 36.4 Å². The molecule has 116 valence electrons. The van der Waals surface area contributed by atoms with E-state index >= 15 is 0 Å². The summed E-state index contributed by atoms with van der Waals surface area (Å²) in [7, 11) is 0. The highest BCUT2D eigenvalue weighted by atomic mass is 16.5. The van der Waals surface area contributed by atoms with Crippen LogP contribution in [0.4, 0.5) is 0 Å². The van der Waals surface area contributed by atoms with Crippen LogP contribution in [0.25, 0.3) is 5.82 Å². The Balaban J connectivity index is 1.61. The number of nitrogens with zero attached hydrogens (tertiary/aromatic N) is 4. The van der Waals surface area contributed by atoms with E-state index in [1.165, 1.54) is 18.4 Å². The Morgan fingerprint density at radius 1 is 1.17 bits per heavy atom. The van der Waals surface area contributed by atoms with Crippen LogP contribution < -0.4 is 4.74 Å². The molecule has 2 aromatic heterocycles. The van der Waals surface area contributed by atoms with E-state index in [9.17, 15) is 0 Å². The topological polar surface area (TPSA) is 52.8 Å². The van der Waals surface area contributed by atoms with Crippen LogP contribution >= 0.6 is 0 Å². The monoisotopic (exact) mass is 306 g/mol. The molecule has 2 heterocycles. The van der Waals surface area contributed by atoms with Crippen LogP contribution in [0.1, 0.15) is 36.0 Å². The third kappa shape index (κ3) is 3.08. The first-order valence-corrected chi connectivity index (χ1v) is 7.86. The predicted octanol–water partition coefficient (Wildman–Crippen LogP) is 3.43. The molecule has 0 saturated heterocycles. The quantitative estimate of drug-likeness (QED) is 0.724. The highest BCUT2D eigenvalue weighted by Gasteiger charge is 2.29. The molecule has 1 fully saturated rings. The van der Waals surface area contributed by atoms with Gasteiger partial charge in [0.15, 0.2) is 17.5 Å². The maximum atomic E-state index is 5.90. The van der Waals surface area contributed by atoms with Crippen molar-refractivity contribution < 1.29 is 4.74 Å². The Hall–Kier alpha value is -2.69. The molecule has 0 bridgehead atoms. The third-order valence-corrected chi connectivity index (χ3v) is 3.86. The molecule has 1 aliphatic carbocycles. The van der Waals surface area contributed by atoms with Crippen molar-refractivity contribution in [1.29, 1.82) is 0 Å². The van der Waals surface area contributed by atoms with Gasteiger partial charge in [-0.3, -0.25) is 0 Å². The molecule has 5 nitrogen and oxygen atoms in total. The molecule has 0 amide bonds. The van der Waals surface area contributed by atoms with Crippen LogP contribution in [0.3, 0.4) is 0 Å². The van der Waals surface area contributed by atoms with E-state index < -0.39 is 0 Å². The Labute approximate surface area is 135 Å². The summed E-state index contributed by atoms with van der Waals surface area (Å²) >= 11 is 0. The molecule has 4 rings (SSSR count). The maximum Gasteiger partial charge on any atom is 0.171 e. The second-order valence-corrected chi connectivity index (χ2v) is 5.87. The average Bonchev–Trinajstić information content (AvgIpc) is 3.34. The second-order valence-electron chi connectivity index (χ2n) is 5.87. The third-order valence-electron chi connectivity index (χ3n) is 3.86. The Bertz CT molecular complexity index is 809. The standard InChI is InChI=1S/C18H18N4O/c1-13-5-4-6-15(11-13)23-12-17-20-18(14-8-9-14)21-22(17)16-7-2-3-10-19-16/h2-7,10-11,14H,8-9,12H2,1H3. The zero-order chi connectivity index (χ0) is 15.6. The molecular weight excluding hydrogens is 288 g/mol. The summed E-state index contributed by atoms with van der Waals surface area (Å²) in [5, 5.41) is 4.64. The van der Waals surface area contributed by atoms with Crippen LogP contribution in [0.15, 0.2) is 48.7 Å². The number of ether oxygens (including phenoxy) is 1. The number of rotatable bonds is 5. The zero-order valence-corrected chi connectivity index (χ0v) is 13.0. The van der Waals surface area contributed by atoms with Crippen LogP contribution in [0, 0.1) is 6.92 Å². The van der Waals surface area contributed by atoms with Crippen molar-refractivity contribution in [2.24, 2.45) is 0 Å². The largest absolute Gasteiger partial charge is 0.486 e. The fourth-order valence-electron chi connectivity index (χ4n) is 2.49. The summed E-state index contributed by atoms with van der Waals surface area (Å²) in [4.78, 5) is 9.05. The second kappa shape index (κ2) is 5.83. The Kier molecular flexibility index (Phi) is 3.54. The molecule has 3 aromatic rings. The minimum Gasteiger partial charge on any atom is -0.486 e. The summed E-state index contributed by atoms with van der Waals surface area (Å²) in [5.41, 5.74) is 1.17. The SMILES string of the molecule is Cc1cccc(OCc2nc(C3CC3)nn2-c2ccccn2)c1. The van der Waals surface area contributed by atoms with Gasteiger partial charge in [0, 0.05) is 12.1 Å². The first-order chi connectivity index (χ1) is 11.3. The first kappa shape index (κ1) is 13.9. The van der Waals surface area contributed by atoms with Crippen LogP contribution in [0.2, 0.25) is 0 Å². The van der Waals surface area contributed by atoms with Crippen LogP contribution in [-0.4, -0.2) is 19.7 Å². The maximum absolute atomic E-state index is 5.90. The molecule has 0 unspecified atom stereocenters. The van der Waals surface area contributed by atoms with E-state index in [-0.39, 0.29) is 0 Å². The van der Waals surface area contributed by atoms with E-state index in [1.54, 1.807) is 10.9 Å². The smallest absolute Gasteiger partial charge is 0.171 e. The molecule has 1 aliphatic rings. The number of aromatic nitrogens is 4. The molecule has 0 aliphatic heterocycles. The fourth-order valence-corrected chi connectivity index (χ4v) is 2.49. The highest BCUT2D eigenvalue weighted by molar-refractivity contribution is 5.28. The van der Waals surface area contributed by atoms with E-state index in [0.717, 1.165) is 23.2 Å². The normalized spacial score (nSPS) is 14.0. The number of aryl methyl sites for hydroxylation is 1. The molecule has 5 heteroatoms. The molecule has 1 aromatic carbocycles. The van der Waals surface area contributed by atoms with Crippen LogP contribution in [-0.2, 0) is 6.61 Å². The summed E-state index contributed by atoms with van der Waals surface area (Å²) in [6, 6.07) is 13.8. The average molecular weight is 306 g/mol. The van der Waals surface area contributed by atoms with Gasteiger partial charge in [-0.1, -0.05) is 18.2 Å². The van der Waals surface area contributed by atoms with E-state index in [4.69, 9.17) is 4.74 Å². The summed E-state index contributed by atoms with van der Waals surface area (Å²) in [6.45, 7) is 2.42. The van der Waals surface area contributed by atoms with Crippen molar-refractivity contribution in [3.8, 4) is 11.6 Å². The number of pyridine rings is 1. The lowest BCUT2D eigenvalue weighted by Gasteiger charge is -2.07. The van der Waals surface area contributed by atoms with Gasteiger partial charge in [0.1, 0.15) is 12.4 Å². The molecule has 23 heavy (non-hydrogen) atoms. The molecule has 0 spiro atoms. The minimum atomic E-state index is 0.375. The van der Waals surface area contributed by atoms with Crippen molar-refractivity contribution in [3.63, 3.8) is 0 Å². The van der Waals surface area contributed by atoms with Crippen molar-refractivity contribution in [2.45, 2.75) is 32.3 Å². The molecule has 0 atom stereocenters. The lowest BCUT2D eigenvalue weighted by Crippen LogP contribution is -2.08.